The van der Waals surface area contributed by atoms with Crippen LogP contribution in [0.25, 0.3) is 0 Å². The molecule has 0 spiro atoms. The van der Waals surface area contributed by atoms with Gasteiger partial charge in [-0.25, -0.2) is 8.42 Å². The first-order valence-corrected chi connectivity index (χ1v) is 9.33. The second kappa shape index (κ2) is 6.76. The van der Waals surface area contributed by atoms with Crippen molar-refractivity contribution in [2.45, 2.75) is 36.4 Å². The molecular formula is C17H17F3N2O2S. The lowest BCUT2D eigenvalue weighted by Crippen LogP contribution is -2.38. The lowest BCUT2D eigenvalue weighted by Gasteiger charge is -2.34. The molecule has 0 aliphatic carbocycles. The molecule has 3 rings (SSSR count). The van der Waals surface area contributed by atoms with Crippen molar-refractivity contribution in [3.05, 3.63) is 59.9 Å². The van der Waals surface area contributed by atoms with Crippen LogP contribution in [0.3, 0.4) is 0 Å². The number of nitrogens with zero attached hydrogens (tertiary/aromatic N) is 2. The molecule has 0 N–H and O–H groups in total. The monoisotopic (exact) mass is 370 g/mol. The Morgan fingerprint density at radius 3 is 2.40 bits per heavy atom. The van der Waals surface area contributed by atoms with Crippen LogP contribution in [0.2, 0.25) is 0 Å². The van der Waals surface area contributed by atoms with Crippen LogP contribution in [0, 0.1) is 0 Å². The molecule has 1 aromatic heterocycles. The van der Waals surface area contributed by atoms with E-state index in [1.54, 1.807) is 18.5 Å². The van der Waals surface area contributed by atoms with Crippen LogP contribution >= 0.6 is 0 Å². The van der Waals surface area contributed by atoms with E-state index in [1.165, 1.54) is 4.31 Å². The topological polar surface area (TPSA) is 50.3 Å². The third-order valence-corrected chi connectivity index (χ3v) is 6.23. The van der Waals surface area contributed by atoms with E-state index in [2.05, 4.69) is 4.98 Å². The maximum atomic E-state index is 13.0. The van der Waals surface area contributed by atoms with Crippen molar-refractivity contribution in [3.63, 3.8) is 0 Å². The molecule has 0 amide bonds. The number of piperidine rings is 1. The minimum absolute atomic E-state index is 0.128. The number of hydrogen-bond donors (Lipinski definition) is 0. The zero-order valence-corrected chi connectivity index (χ0v) is 14.1. The van der Waals surface area contributed by atoms with Crippen LogP contribution in [-0.4, -0.2) is 24.3 Å². The Balaban J connectivity index is 1.94. The molecule has 134 valence electrons. The molecule has 2 aromatic rings. The van der Waals surface area contributed by atoms with Gasteiger partial charge in [0.2, 0.25) is 10.0 Å². The number of halogens is 3. The van der Waals surface area contributed by atoms with Crippen LogP contribution in [0.4, 0.5) is 13.2 Å². The molecule has 1 saturated heterocycles. The second-order valence-corrected chi connectivity index (χ2v) is 7.83. The van der Waals surface area contributed by atoms with E-state index in [0.29, 0.717) is 13.0 Å². The predicted molar refractivity (Wildman–Crippen MR) is 86.2 cm³/mol. The Morgan fingerprint density at radius 2 is 1.80 bits per heavy atom. The van der Waals surface area contributed by atoms with E-state index in [-0.39, 0.29) is 10.9 Å². The summed E-state index contributed by atoms with van der Waals surface area (Å²) >= 11 is 0. The van der Waals surface area contributed by atoms with Gasteiger partial charge in [0.05, 0.1) is 16.5 Å². The van der Waals surface area contributed by atoms with Gasteiger partial charge in [-0.15, -0.1) is 0 Å². The van der Waals surface area contributed by atoms with Crippen molar-refractivity contribution in [2.24, 2.45) is 0 Å². The third kappa shape index (κ3) is 3.69. The normalized spacial score (nSPS) is 19.7. The fraction of sp³-hybridized carbons (Fsp3) is 0.353. The van der Waals surface area contributed by atoms with Crippen molar-refractivity contribution in [1.82, 2.24) is 9.29 Å². The number of aromatic nitrogens is 1. The average molecular weight is 370 g/mol. The van der Waals surface area contributed by atoms with Gasteiger partial charge >= 0.3 is 6.18 Å². The van der Waals surface area contributed by atoms with Gasteiger partial charge in [-0.1, -0.05) is 12.5 Å². The lowest BCUT2D eigenvalue weighted by atomic mass is 9.99. The van der Waals surface area contributed by atoms with E-state index in [9.17, 15) is 21.6 Å². The molecule has 8 heteroatoms. The summed E-state index contributed by atoms with van der Waals surface area (Å²) in [4.78, 5) is 3.91. The minimum Gasteiger partial charge on any atom is -0.264 e. The van der Waals surface area contributed by atoms with Gasteiger partial charge in [0, 0.05) is 18.9 Å². The Hall–Kier alpha value is -1.93. The van der Waals surface area contributed by atoms with E-state index in [0.717, 1.165) is 42.7 Å². The molecule has 1 unspecified atom stereocenters. The van der Waals surface area contributed by atoms with Crippen LogP contribution in [0.1, 0.15) is 36.4 Å². The van der Waals surface area contributed by atoms with Crippen molar-refractivity contribution in [3.8, 4) is 0 Å². The van der Waals surface area contributed by atoms with Gasteiger partial charge in [0.25, 0.3) is 0 Å². The molecule has 0 bridgehead atoms. The molecule has 1 atom stereocenters. The number of alkyl halides is 3. The average Bonchev–Trinajstić information content (AvgIpc) is 2.62. The second-order valence-electron chi connectivity index (χ2n) is 5.94. The number of pyridine rings is 1. The third-order valence-electron chi connectivity index (χ3n) is 4.31. The van der Waals surface area contributed by atoms with Crippen LogP contribution in [-0.2, 0) is 16.2 Å². The maximum Gasteiger partial charge on any atom is 0.416 e. The van der Waals surface area contributed by atoms with Crippen molar-refractivity contribution in [1.29, 1.82) is 0 Å². The van der Waals surface area contributed by atoms with Gasteiger partial charge < -0.3 is 0 Å². The highest BCUT2D eigenvalue weighted by Crippen LogP contribution is 2.36. The van der Waals surface area contributed by atoms with Crippen LogP contribution < -0.4 is 0 Å². The summed E-state index contributed by atoms with van der Waals surface area (Å²) in [6.07, 6.45) is 1.01. The molecule has 2 heterocycles. The highest BCUT2D eigenvalue weighted by molar-refractivity contribution is 7.89. The predicted octanol–water partition coefficient (Wildman–Crippen LogP) is 4.02. The lowest BCUT2D eigenvalue weighted by molar-refractivity contribution is -0.137. The molecule has 1 fully saturated rings. The molecule has 1 aliphatic rings. The van der Waals surface area contributed by atoms with Crippen molar-refractivity contribution < 1.29 is 21.6 Å². The fourth-order valence-corrected chi connectivity index (χ4v) is 4.73. The van der Waals surface area contributed by atoms with Gasteiger partial charge in [-0.2, -0.15) is 17.5 Å². The SMILES string of the molecule is O=S(=O)(c1ccc(C(F)(F)F)cc1)N1CCCCC1c1cccnc1. The van der Waals surface area contributed by atoms with Gasteiger partial charge in [0.15, 0.2) is 0 Å². The summed E-state index contributed by atoms with van der Waals surface area (Å²) in [5.41, 5.74) is -0.0772. The van der Waals surface area contributed by atoms with Gasteiger partial charge in [0.1, 0.15) is 0 Å². The largest absolute Gasteiger partial charge is 0.416 e. The number of benzene rings is 1. The van der Waals surface area contributed by atoms with Crippen LogP contribution in [0.15, 0.2) is 53.7 Å². The summed E-state index contributed by atoms with van der Waals surface area (Å²) in [5.74, 6) is 0. The number of rotatable bonds is 3. The molecule has 0 saturated carbocycles. The van der Waals surface area contributed by atoms with E-state index in [1.807, 2.05) is 6.07 Å². The highest BCUT2D eigenvalue weighted by atomic mass is 32.2. The van der Waals surface area contributed by atoms with E-state index >= 15 is 0 Å². The first kappa shape index (κ1) is 17.9. The molecule has 0 radical (unpaired) electrons. The van der Waals surface area contributed by atoms with Crippen molar-refractivity contribution in [2.75, 3.05) is 6.54 Å². The van der Waals surface area contributed by atoms with E-state index < -0.39 is 21.8 Å². The smallest absolute Gasteiger partial charge is 0.264 e. The summed E-state index contributed by atoms with van der Waals surface area (Å²) in [6.45, 7) is 0.336. The molecule has 1 aliphatic heterocycles. The Kier molecular flexibility index (Phi) is 4.83. The molecule has 1 aromatic carbocycles. The Labute approximate surface area is 144 Å². The Morgan fingerprint density at radius 1 is 1.08 bits per heavy atom. The summed E-state index contributed by atoms with van der Waals surface area (Å²) in [5, 5.41) is 0. The minimum atomic E-state index is -4.49. The number of hydrogen-bond acceptors (Lipinski definition) is 3. The molecule has 4 nitrogen and oxygen atoms in total. The standard InChI is InChI=1S/C17H17F3N2O2S/c18-17(19,20)14-6-8-15(9-7-14)25(23,24)22-11-2-1-5-16(22)13-4-3-10-21-12-13/h3-4,6-10,12,16H,1-2,5,11H2. The summed E-state index contributed by atoms with van der Waals surface area (Å²) in [6, 6.07) is 6.85. The first-order chi connectivity index (χ1) is 11.8. The summed E-state index contributed by atoms with van der Waals surface area (Å²) < 4.78 is 65.3. The molecular weight excluding hydrogens is 353 g/mol. The van der Waals surface area contributed by atoms with E-state index in [4.69, 9.17) is 0 Å². The van der Waals surface area contributed by atoms with Gasteiger partial charge in [-0.05, 0) is 48.7 Å². The zero-order chi connectivity index (χ0) is 18.1. The zero-order valence-electron chi connectivity index (χ0n) is 13.3. The molecule has 25 heavy (non-hydrogen) atoms. The fourth-order valence-electron chi connectivity index (χ4n) is 3.05. The Bertz CT molecular complexity index is 821. The number of sulfonamides is 1. The van der Waals surface area contributed by atoms with Gasteiger partial charge in [-0.3, -0.25) is 4.98 Å². The van der Waals surface area contributed by atoms with Crippen LogP contribution in [0.5, 0.6) is 0 Å². The maximum absolute atomic E-state index is 13.0. The van der Waals surface area contributed by atoms with Crippen molar-refractivity contribution >= 4 is 10.0 Å². The summed E-state index contributed by atoms with van der Waals surface area (Å²) in [7, 11) is -3.88. The first-order valence-electron chi connectivity index (χ1n) is 7.89. The highest BCUT2D eigenvalue weighted by Gasteiger charge is 2.35. The quantitative estimate of drug-likeness (QED) is 0.820.